The van der Waals surface area contributed by atoms with Gasteiger partial charge in [-0.2, -0.15) is 0 Å². The number of pyridine rings is 1. The molecule has 1 aromatic rings. The molecule has 7 heteroatoms. The van der Waals surface area contributed by atoms with Gasteiger partial charge in [-0.1, -0.05) is 6.08 Å². The summed E-state index contributed by atoms with van der Waals surface area (Å²) in [6.07, 6.45) is 3.22. The van der Waals surface area contributed by atoms with Crippen molar-refractivity contribution in [2.75, 3.05) is 0 Å². The fourth-order valence-corrected chi connectivity index (χ4v) is 0.977. The van der Waals surface area contributed by atoms with E-state index >= 15 is 0 Å². The van der Waals surface area contributed by atoms with Crippen molar-refractivity contribution in [2.24, 2.45) is 5.73 Å². The lowest BCUT2D eigenvalue weighted by molar-refractivity contribution is 0.1000. The standard InChI is InChI=1S/C8H7BF3N2O/c10-9(11,12)3-1-6-5-14-4-2-7(6)8(13)15/h1-5H,(H2,13,15)/q-1/b3-1+. The molecule has 1 rings (SSSR count). The van der Waals surface area contributed by atoms with Gasteiger partial charge in [0, 0.05) is 23.5 Å². The maximum absolute atomic E-state index is 11.9. The monoisotopic (exact) mass is 215 g/mol. The van der Waals surface area contributed by atoms with Gasteiger partial charge >= 0.3 is 6.98 Å². The molecule has 3 nitrogen and oxygen atoms in total. The second-order valence-electron chi connectivity index (χ2n) is 2.81. The van der Waals surface area contributed by atoms with Crippen LogP contribution >= 0.6 is 0 Å². The van der Waals surface area contributed by atoms with Crippen molar-refractivity contribution in [2.45, 2.75) is 0 Å². The summed E-state index contributed by atoms with van der Waals surface area (Å²) in [7, 11) is 0. The van der Waals surface area contributed by atoms with Gasteiger partial charge in [0.05, 0.1) is 0 Å². The highest BCUT2D eigenvalue weighted by atomic mass is 19.4. The van der Waals surface area contributed by atoms with Gasteiger partial charge in [0.25, 0.3) is 0 Å². The Kier molecular flexibility index (Phi) is 3.13. The van der Waals surface area contributed by atoms with Crippen molar-refractivity contribution in [1.29, 1.82) is 0 Å². The van der Waals surface area contributed by atoms with Crippen LogP contribution in [0.15, 0.2) is 24.4 Å². The van der Waals surface area contributed by atoms with Gasteiger partial charge in [-0.3, -0.25) is 9.78 Å². The zero-order valence-electron chi connectivity index (χ0n) is 7.53. The number of nitrogens with two attached hydrogens (primary N) is 1. The predicted octanol–water partition coefficient (Wildman–Crippen LogP) is 1.58. The van der Waals surface area contributed by atoms with E-state index in [0.29, 0.717) is 0 Å². The van der Waals surface area contributed by atoms with E-state index in [0.717, 1.165) is 12.3 Å². The molecule has 0 bridgehead atoms. The second-order valence-corrected chi connectivity index (χ2v) is 2.81. The van der Waals surface area contributed by atoms with Crippen LogP contribution in [-0.2, 0) is 0 Å². The summed E-state index contributed by atoms with van der Waals surface area (Å²) in [5, 5.41) is 0. The third kappa shape index (κ3) is 3.45. The zero-order valence-corrected chi connectivity index (χ0v) is 7.53. The molecular formula is C8H7BF3N2O-. The van der Waals surface area contributed by atoms with Crippen molar-refractivity contribution < 1.29 is 17.7 Å². The normalized spacial score (nSPS) is 11.9. The second kappa shape index (κ2) is 4.16. The molecule has 1 aromatic heterocycles. The Labute approximate surface area is 83.9 Å². The number of carbonyl (C=O) groups is 1. The molecule has 80 valence electrons. The highest BCUT2D eigenvalue weighted by Gasteiger charge is 2.17. The maximum Gasteiger partial charge on any atom is 0.502 e. The third-order valence-corrected chi connectivity index (χ3v) is 1.61. The fourth-order valence-electron chi connectivity index (χ4n) is 0.977. The highest BCUT2D eigenvalue weighted by Crippen LogP contribution is 2.14. The summed E-state index contributed by atoms with van der Waals surface area (Å²) in [5.74, 6) is -0.699. The molecule has 2 N–H and O–H groups in total. The van der Waals surface area contributed by atoms with Gasteiger partial charge in [-0.25, -0.2) is 0 Å². The van der Waals surface area contributed by atoms with Crippen LogP contribution in [0.1, 0.15) is 15.9 Å². The third-order valence-electron chi connectivity index (χ3n) is 1.61. The molecule has 0 aromatic carbocycles. The van der Waals surface area contributed by atoms with Crippen molar-refractivity contribution in [3.05, 3.63) is 35.6 Å². The van der Waals surface area contributed by atoms with Crippen LogP contribution in [0, 0.1) is 0 Å². The Morgan fingerprint density at radius 3 is 2.67 bits per heavy atom. The smallest absolute Gasteiger partial charge is 0.445 e. The molecule has 0 radical (unpaired) electrons. The summed E-state index contributed by atoms with van der Waals surface area (Å²) in [6, 6.07) is 1.27. The van der Waals surface area contributed by atoms with Crippen LogP contribution in [0.3, 0.4) is 0 Å². The number of carbonyl (C=O) groups excluding carboxylic acids is 1. The van der Waals surface area contributed by atoms with Crippen LogP contribution in [0.5, 0.6) is 0 Å². The molecule has 0 aliphatic heterocycles. The molecule has 0 spiro atoms. The molecule has 0 fully saturated rings. The SMILES string of the molecule is NC(=O)c1ccncc1/C=C/[B-](F)(F)F. The number of amides is 1. The van der Waals surface area contributed by atoms with E-state index in [-0.39, 0.29) is 17.1 Å². The number of hydrogen-bond acceptors (Lipinski definition) is 2. The topological polar surface area (TPSA) is 56.0 Å². The minimum absolute atomic E-state index is 0.0151. The van der Waals surface area contributed by atoms with E-state index in [9.17, 15) is 17.7 Å². The number of rotatable bonds is 3. The first-order valence-corrected chi connectivity index (χ1v) is 4.03. The number of nitrogens with zero attached hydrogens (tertiary/aromatic N) is 1. The zero-order chi connectivity index (χ0) is 11.5. The minimum atomic E-state index is -5.03. The number of aromatic nitrogens is 1. The van der Waals surface area contributed by atoms with E-state index < -0.39 is 12.9 Å². The predicted molar refractivity (Wildman–Crippen MR) is 50.9 cm³/mol. The van der Waals surface area contributed by atoms with Gasteiger partial charge in [-0.15, -0.1) is 5.98 Å². The van der Waals surface area contributed by atoms with Crippen LogP contribution in [0.2, 0.25) is 0 Å². The van der Waals surface area contributed by atoms with Crippen molar-refractivity contribution in [1.82, 2.24) is 4.98 Å². The Morgan fingerprint density at radius 2 is 2.13 bits per heavy atom. The van der Waals surface area contributed by atoms with Gasteiger partial charge < -0.3 is 18.7 Å². The summed E-state index contributed by atoms with van der Waals surface area (Å²) in [5.41, 5.74) is 5.05. The van der Waals surface area contributed by atoms with Crippen LogP contribution < -0.4 is 5.73 Å². The molecule has 0 atom stereocenters. The molecule has 0 saturated carbocycles. The summed E-state index contributed by atoms with van der Waals surface area (Å²) < 4.78 is 35.7. The van der Waals surface area contributed by atoms with Crippen molar-refractivity contribution in [3.63, 3.8) is 0 Å². The first kappa shape index (κ1) is 11.3. The maximum atomic E-state index is 11.9. The van der Waals surface area contributed by atoms with E-state index in [1.807, 2.05) is 0 Å². The van der Waals surface area contributed by atoms with Crippen molar-refractivity contribution in [3.8, 4) is 0 Å². The van der Waals surface area contributed by atoms with Gasteiger partial charge in [0.15, 0.2) is 0 Å². The first-order valence-electron chi connectivity index (χ1n) is 4.03. The molecule has 1 heterocycles. The molecule has 0 aliphatic rings. The van der Waals surface area contributed by atoms with E-state index in [1.165, 1.54) is 12.3 Å². The molecule has 0 saturated heterocycles. The summed E-state index contributed by atoms with van der Waals surface area (Å²) in [6.45, 7) is -5.03. The molecule has 1 amide bonds. The van der Waals surface area contributed by atoms with Gasteiger partial charge in [0.1, 0.15) is 0 Å². The Balaban J connectivity index is 3.05. The van der Waals surface area contributed by atoms with Crippen LogP contribution in [0.4, 0.5) is 12.9 Å². The lowest BCUT2D eigenvalue weighted by Gasteiger charge is -2.07. The van der Waals surface area contributed by atoms with E-state index in [4.69, 9.17) is 5.73 Å². The minimum Gasteiger partial charge on any atom is -0.445 e. The highest BCUT2D eigenvalue weighted by molar-refractivity contribution is 6.64. The van der Waals surface area contributed by atoms with Crippen molar-refractivity contribution >= 4 is 19.0 Å². The van der Waals surface area contributed by atoms with Gasteiger partial charge in [0.2, 0.25) is 5.91 Å². The summed E-state index contributed by atoms with van der Waals surface area (Å²) >= 11 is 0. The van der Waals surface area contributed by atoms with Crippen LogP contribution in [0.25, 0.3) is 6.08 Å². The number of primary amides is 1. The molecule has 15 heavy (non-hydrogen) atoms. The van der Waals surface area contributed by atoms with Crippen LogP contribution in [-0.4, -0.2) is 17.9 Å². The summed E-state index contributed by atoms with van der Waals surface area (Å²) in [4.78, 5) is 14.4. The first-order chi connectivity index (χ1) is 6.90. The molecule has 0 unspecified atom stereocenters. The Hall–Kier alpha value is -1.79. The molecule has 0 aliphatic carbocycles. The van der Waals surface area contributed by atoms with Gasteiger partial charge in [-0.05, 0) is 6.07 Å². The number of hydrogen-bond donors (Lipinski definition) is 1. The lowest BCUT2D eigenvalue weighted by atomic mass is 9.90. The quantitative estimate of drug-likeness (QED) is 0.778. The average Bonchev–Trinajstić information content (AvgIpc) is 2.14. The number of halogens is 3. The van der Waals surface area contributed by atoms with E-state index in [1.54, 1.807) is 0 Å². The average molecular weight is 215 g/mol. The Morgan fingerprint density at radius 1 is 1.47 bits per heavy atom. The fraction of sp³-hybridized carbons (Fsp3) is 0. The Bertz CT molecular complexity index is 403. The van der Waals surface area contributed by atoms with E-state index in [2.05, 4.69) is 4.98 Å². The molecular weight excluding hydrogens is 208 g/mol. The lowest BCUT2D eigenvalue weighted by Crippen LogP contribution is -2.13. The largest absolute Gasteiger partial charge is 0.502 e.